The number of para-hydroxylation sites is 1. The van der Waals surface area contributed by atoms with Crippen LogP contribution in [0.1, 0.15) is 0 Å². The second kappa shape index (κ2) is 4.21. The minimum Gasteiger partial charge on any atom is -0.493 e. The van der Waals surface area contributed by atoms with Crippen molar-refractivity contribution in [2.24, 2.45) is 0 Å². The van der Waals surface area contributed by atoms with Gasteiger partial charge in [0, 0.05) is 0 Å². The van der Waals surface area contributed by atoms with Crippen molar-refractivity contribution in [3.8, 4) is 23.5 Å². The molecular formula is C9H9NO3. The van der Waals surface area contributed by atoms with Gasteiger partial charge in [0.25, 0.3) is 6.26 Å². The normalized spacial score (nSPS) is 8.69. The van der Waals surface area contributed by atoms with Crippen molar-refractivity contribution in [2.75, 3.05) is 14.2 Å². The third-order valence-electron chi connectivity index (χ3n) is 1.53. The van der Waals surface area contributed by atoms with Gasteiger partial charge in [0.1, 0.15) is 0 Å². The monoisotopic (exact) mass is 179 g/mol. The lowest BCUT2D eigenvalue weighted by Gasteiger charge is -2.08. The average Bonchev–Trinajstić information content (AvgIpc) is 2.18. The number of methoxy groups -OCH3 is 2. The molecule has 0 radical (unpaired) electrons. The molecule has 4 heteroatoms. The van der Waals surface area contributed by atoms with E-state index in [-0.39, 0.29) is 0 Å². The number of ether oxygens (including phenoxy) is 3. The summed E-state index contributed by atoms with van der Waals surface area (Å²) in [5, 5.41) is 8.38. The molecule has 0 spiro atoms. The lowest BCUT2D eigenvalue weighted by Crippen LogP contribution is -1.93. The highest BCUT2D eigenvalue weighted by Gasteiger charge is 2.10. The van der Waals surface area contributed by atoms with E-state index in [9.17, 15) is 0 Å². The van der Waals surface area contributed by atoms with Crippen molar-refractivity contribution in [3.05, 3.63) is 18.2 Å². The highest BCUT2D eigenvalue weighted by atomic mass is 16.5. The molecule has 0 unspecified atom stereocenters. The van der Waals surface area contributed by atoms with E-state index in [1.165, 1.54) is 14.2 Å². The molecule has 4 nitrogen and oxygen atoms in total. The first-order valence-electron chi connectivity index (χ1n) is 3.60. The molecule has 0 aliphatic carbocycles. The van der Waals surface area contributed by atoms with Crippen LogP contribution in [0.15, 0.2) is 18.2 Å². The molecule has 0 aromatic heterocycles. The number of benzene rings is 1. The number of hydrogen-bond acceptors (Lipinski definition) is 4. The van der Waals surface area contributed by atoms with E-state index < -0.39 is 0 Å². The van der Waals surface area contributed by atoms with Gasteiger partial charge in [0.15, 0.2) is 11.5 Å². The molecule has 0 amide bonds. The minimum atomic E-state index is 0.301. The summed E-state index contributed by atoms with van der Waals surface area (Å²) in [6.45, 7) is 0. The van der Waals surface area contributed by atoms with Gasteiger partial charge < -0.3 is 14.2 Å². The largest absolute Gasteiger partial charge is 0.493 e. The number of nitriles is 1. The van der Waals surface area contributed by atoms with Gasteiger partial charge in [-0.3, -0.25) is 0 Å². The van der Waals surface area contributed by atoms with Gasteiger partial charge in [-0.15, -0.1) is 5.26 Å². The summed E-state index contributed by atoms with van der Waals surface area (Å²) < 4.78 is 14.7. The Bertz CT molecular complexity index is 308. The third-order valence-corrected chi connectivity index (χ3v) is 1.53. The molecule has 68 valence electrons. The summed E-state index contributed by atoms with van der Waals surface area (Å²) in [5.74, 6) is 1.25. The highest BCUT2D eigenvalue weighted by molar-refractivity contribution is 5.51. The average molecular weight is 179 g/mol. The smallest absolute Gasteiger partial charge is 0.292 e. The van der Waals surface area contributed by atoms with Crippen LogP contribution in [0, 0.1) is 11.5 Å². The summed E-state index contributed by atoms with van der Waals surface area (Å²) in [7, 11) is 3.00. The Balaban J connectivity index is 3.14. The Labute approximate surface area is 76.3 Å². The second-order valence-corrected chi connectivity index (χ2v) is 2.19. The summed E-state index contributed by atoms with van der Waals surface area (Å²) >= 11 is 0. The number of hydrogen-bond donors (Lipinski definition) is 0. The Kier molecular flexibility index (Phi) is 2.98. The Morgan fingerprint density at radius 2 is 1.69 bits per heavy atom. The van der Waals surface area contributed by atoms with Crippen LogP contribution in [-0.4, -0.2) is 14.2 Å². The molecule has 1 aromatic rings. The Hall–Kier alpha value is -1.89. The van der Waals surface area contributed by atoms with Crippen LogP contribution < -0.4 is 14.2 Å². The maximum absolute atomic E-state index is 8.38. The van der Waals surface area contributed by atoms with Crippen LogP contribution in [0.5, 0.6) is 17.2 Å². The van der Waals surface area contributed by atoms with Crippen molar-refractivity contribution < 1.29 is 14.2 Å². The lowest BCUT2D eigenvalue weighted by atomic mass is 10.3. The number of rotatable bonds is 3. The minimum absolute atomic E-state index is 0.301. The van der Waals surface area contributed by atoms with Crippen LogP contribution >= 0.6 is 0 Å². The van der Waals surface area contributed by atoms with Gasteiger partial charge in [-0.05, 0) is 12.1 Å². The first-order valence-corrected chi connectivity index (χ1v) is 3.60. The zero-order chi connectivity index (χ0) is 9.68. The molecule has 0 saturated carbocycles. The SMILES string of the molecule is COc1cccc(OC)c1OC#N. The molecule has 0 saturated heterocycles. The molecule has 1 rings (SSSR count). The molecular weight excluding hydrogens is 170 g/mol. The predicted octanol–water partition coefficient (Wildman–Crippen LogP) is 1.56. The Morgan fingerprint density at radius 1 is 1.15 bits per heavy atom. The van der Waals surface area contributed by atoms with Gasteiger partial charge >= 0.3 is 0 Å². The fraction of sp³-hybridized carbons (Fsp3) is 0.222. The summed E-state index contributed by atoms with van der Waals surface area (Å²) in [4.78, 5) is 0. The van der Waals surface area contributed by atoms with E-state index in [1.54, 1.807) is 24.5 Å². The van der Waals surface area contributed by atoms with Crippen LogP contribution in [0.4, 0.5) is 0 Å². The maximum Gasteiger partial charge on any atom is 0.292 e. The van der Waals surface area contributed by atoms with E-state index in [1.807, 2.05) is 0 Å². The van der Waals surface area contributed by atoms with Gasteiger partial charge in [-0.1, -0.05) is 6.07 Å². The molecule has 0 heterocycles. The maximum atomic E-state index is 8.38. The predicted molar refractivity (Wildman–Crippen MR) is 45.8 cm³/mol. The van der Waals surface area contributed by atoms with E-state index >= 15 is 0 Å². The molecule has 13 heavy (non-hydrogen) atoms. The van der Waals surface area contributed by atoms with Gasteiger partial charge in [-0.25, -0.2) is 0 Å². The van der Waals surface area contributed by atoms with Crippen molar-refractivity contribution in [1.82, 2.24) is 0 Å². The van der Waals surface area contributed by atoms with Crippen LogP contribution in [0.2, 0.25) is 0 Å². The first-order chi connectivity index (χ1) is 6.33. The van der Waals surface area contributed by atoms with Gasteiger partial charge in [0.05, 0.1) is 14.2 Å². The van der Waals surface area contributed by atoms with E-state index in [4.69, 9.17) is 19.5 Å². The highest BCUT2D eigenvalue weighted by Crippen LogP contribution is 2.36. The molecule has 0 aliphatic heterocycles. The van der Waals surface area contributed by atoms with E-state index in [0.717, 1.165) is 0 Å². The molecule has 0 bridgehead atoms. The van der Waals surface area contributed by atoms with Gasteiger partial charge in [-0.2, -0.15) is 0 Å². The molecule has 0 aliphatic rings. The van der Waals surface area contributed by atoms with Gasteiger partial charge in [0.2, 0.25) is 5.75 Å². The molecule has 1 aromatic carbocycles. The fourth-order valence-corrected chi connectivity index (χ4v) is 0.963. The zero-order valence-electron chi connectivity index (χ0n) is 7.40. The van der Waals surface area contributed by atoms with Crippen molar-refractivity contribution in [2.45, 2.75) is 0 Å². The first kappa shape index (κ1) is 9.20. The standard InChI is InChI=1S/C9H9NO3/c1-11-7-4-3-5-8(12-2)9(7)13-6-10/h3-5H,1-2H3. The lowest BCUT2D eigenvalue weighted by molar-refractivity contribution is 0.351. The molecule has 0 atom stereocenters. The summed E-state index contributed by atoms with van der Waals surface area (Å²) in [6, 6.07) is 5.13. The van der Waals surface area contributed by atoms with E-state index in [0.29, 0.717) is 17.2 Å². The van der Waals surface area contributed by atoms with Crippen LogP contribution in [0.25, 0.3) is 0 Å². The second-order valence-electron chi connectivity index (χ2n) is 2.19. The van der Waals surface area contributed by atoms with E-state index in [2.05, 4.69) is 0 Å². The fourth-order valence-electron chi connectivity index (χ4n) is 0.963. The van der Waals surface area contributed by atoms with Crippen LogP contribution in [0.3, 0.4) is 0 Å². The molecule has 0 N–H and O–H groups in total. The van der Waals surface area contributed by atoms with Crippen molar-refractivity contribution >= 4 is 0 Å². The summed E-state index contributed by atoms with van der Waals surface area (Å²) in [6.07, 6.45) is 1.57. The zero-order valence-corrected chi connectivity index (χ0v) is 7.40. The topological polar surface area (TPSA) is 51.5 Å². The number of nitrogens with zero attached hydrogens (tertiary/aromatic N) is 1. The van der Waals surface area contributed by atoms with Crippen LogP contribution in [-0.2, 0) is 0 Å². The quantitative estimate of drug-likeness (QED) is 0.661. The molecule has 0 fully saturated rings. The summed E-state index contributed by atoms with van der Waals surface area (Å²) in [5.41, 5.74) is 0. The van der Waals surface area contributed by atoms with Crippen molar-refractivity contribution in [3.63, 3.8) is 0 Å². The van der Waals surface area contributed by atoms with Crippen molar-refractivity contribution in [1.29, 1.82) is 5.26 Å². The Morgan fingerprint density at radius 3 is 2.08 bits per heavy atom. The third kappa shape index (κ3) is 1.82.